The summed E-state index contributed by atoms with van der Waals surface area (Å²) in [6.45, 7) is 7.24. The smallest absolute Gasteiger partial charge is 0.255 e. The molecule has 2 amide bonds. The Morgan fingerprint density at radius 2 is 2.07 bits per heavy atom. The minimum atomic E-state index is -0.814. The Bertz CT molecular complexity index is 771. The summed E-state index contributed by atoms with van der Waals surface area (Å²) >= 11 is 0. The number of hydrogen-bond acceptors (Lipinski definition) is 5. The van der Waals surface area contributed by atoms with E-state index in [1.54, 1.807) is 29.1 Å². The number of hydrogen-bond donors (Lipinski definition) is 1. The molecule has 7 nitrogen and oxygen atoms in total. The second kappa shape index (κ2) is 6.84. The van der Waals surface area contributed by atoms with E-state index >= 15 is 0 Å². The number of pyridine rings is 1. The van der Waals surface area contributed by atoms with Crippen LogP contribution in [0.15, 0.2) is 18.3 Å². The molecule has 144 valence electrons. The van der Waals surface area contributed by atoms with Crippen LogP contribution in [0.3, 0.4) is 0 Å². The lowest BCUT2D eigenvalue weighted by Gasteiger charge is -2.26. The second-order valence-electron chi connectivity index (χ2n) is 8.61. The van der Waals surface area contributed by atoms with Crippen molar-refractivity contribution in [2.24, 2.45) is 5.41 Å². The molecule has 1 saturated heterocycles. The van der Waals surface area contributed by atoms with E-state index < -0.39 is 5.41 Å². The quantitative estimate of drug-likeness (QED) is 0.879. The molecule has 1 N–H and O–H groups in total. The number of carbonyl (C=O) groups is 2. The Labute approximate surface area is 160 Å². The average molecular weight is 369 g/mol. The van der Waals surface area contributed by atoms with Crippen molar-refractivity contribution >= 4 is 17.6 Å². The van der Waals surface area contributed by atoms with Gasteiger partial charge >= 0.3 is 0 Å². The van der Waals surface area contributed by atoms with E-state index in [-0.39, 0.29) is 23.4 Å². The number of nitrogens with one attached hydrogen (secondary N) is 1. The van der Waals surface area contributed by atoms with Crippen LogP contribution in [0.1, 0.15) is 50.4 Å². The number of rotatable bonds is 4. The van der Waals surface area contributed by atoms with Crippen LogP contribution in [0.2, 0.25) is 0 Å². The van der Waals surface area contributed by atoms with Gasteiger partial charge in [0.1, 0.15) is 11.2 Å². The predicted octanol–water partition coefficient (Wildman–Crippen LogP) is 2.27. The van der Waals surface area contributed by atoms with Gasteiger partial charge < -0.3 is 15.1 Å². The number of likely N-dealkylation sites (tertiary alicyclic amines) is 1. The van der Waals surface area contributed by atoms with Crippen molar-refractivity contribution in [2.75, 3.05) is 25.5 Å². The summed E-state index contributed by atoms with van der Waals surface area (Å²) in [5.74, 6) is 0.549. The van der Waals surface area contributed by atoms with Gasteiger partial charge in [0, 0.05) is 31.9 Å². The lowest BCUT2D eigenvalue weighted by atomic mass is 10.1. The fraction of sp³-hybridized carbons (Fsp3) is 0.600. The normalized spacial score (nSPS) is 20.7. The van der Waals surface area contributed by atoms with E-state index in [1.165, 1.54) is 0 Å². The number of nitriles is 1. The summed E-state index contributed by atoms with van der Waals surface area (Å²) in [5, 5.41) is 12.5. The zero-order valence-corrected chi connectivity index (χ0v) is 16.5. The minimum Gasteiger partial charge on any atom is -0.365 e. The van der Waals surface area contributed by atoms with E-state index in [1.807, 2.05) is 26.8 Å². The lowest BCUT2D eigenvalue weighted by Crippen LogP contribution is -2.43. The molecule has 2 aliphatic rings. The highest BCUT2D eigenvalue weighted by atomic mass is 16.2. The number of amides is 2. The van der Waals surface area contributed by atoms with Crippen LogP contribution in [-0.4, -0.2) is 58.3 Å². The van der Waals surface area contributed by atoms with Crippen LogP contribution in [0.4, 0.5) is 5.82 Å². The summed E-state index contributed by atoms with van der Waals surface area (Å²) in [4.78, 5) is 33.0. The van der Waals surface area contributed by atoms with Gasteiger partial charge in [-0.2, -0.15) is 5.26 Å². The molecule has 2 heterocycles. The molecule has 1 saturated carbocycles. The third-order valence-electron chi connectivity index (χ3n) is 5.21. The standard InChI is InChI=1S/C20H27N5O2/c1-19(2,3)23-16-6-5-14(11-22-16)17(26)25-10-7-15(12-25)24(4)18(27)20(13-21)8-9-20/h5-6,11,15H,7-10,12H2,1-4H3,(H,22,23)/t15-/m0/s1. The lowest BCUT2D eigenvalue weighted by molar-refractivity contribution is -0.135. The zero-order chi connectivity index (χ0) is 19.8. The molecule has 3 rings (SSSR count). The van der Waals surface area contributed by atoms with Gasteiger partial charge in [0.25, 0.3) is 5.91 Å². The molecule has 1 aliphatic heterocycles. The summed E-state index contributed by atoms with van der Waals surface area (Å²) in [5.41, 5.74) is -0.369. The third-order valence-corrected chi connectivity index (χ3v) is 5.21. The number of aromatic nitrogens is 1. The van der Waals surface area contributed by atoms with Gasteiger partial charge in [-0.1, -0.05) is 0 Å². The number of anilines is 1. The number of likely N-dealkylation sites (N-methyl/N-ethyl adjacent to an activating group) is 1. The Kier molecular flexibility index (Phi) is 4.85. The Morgan fingerprint density at radius 3 is 2.59 bits per heavy atom. The van der Waals surface area contributed by atoms with Crippen molar-refractivity contribution in [3.63, 3.8) is 0 Å². The van der Waals surface area contributed by atoms with E-state index in [0.717, 1.165) is 12.2 Å². The zero-order valence-electron chi connectivity index (χ0n) is 16.5. The maximum atomic E-state index is 12.8. The SMILES string of the molecule is CN(C(=O)C1(C#N)CC1)[C@H]1CCN(C(=O)c2ccc(NC(C)(C)C)nc2)C1. The van der Waals surface area contributed by atoms with Crippen LogP contribution in [0.5, 0.6) is 0 Å². The molecule has 0 aromatic carbocycles. The van der Waals surface area contributed by atoms with Crippen molar-refractivity contribution in [3.05, 3.63) is 23.9 Å². The van der Waals surface area contributed by atoms with Gasteiger partial charge in [-0.3, -0.25) is 9.59 Å². The van der Waals surface area contributed by atoms with Crippen molar-refractivity contribution in [3.8, 4) is 6.07 Å². The highest BCUT2D eigenvalue weighted by Crippen LogP contribution is 2.46. The fourth-order valence-electron chi connectivity index (χ4n) is 3.41. The first-order chi connectivity index (χ1) is 12.6. The van der Waals surface area contributed by atoms with E-state index in [9.17, 15) is 14.9 Å². The van der Waals surface area contributed by atoms with Crippen LogP contribution in [0.25, 0.3) is 0 Å². The van der Waals surface area contributed by atoms with Crippen molar-refractivity contribution in [2.45, 2.75) is 51.6 Å². The second-order valence-corrected chi connectivity index (χ2v) is 8.61. The largest absolute Gasteiger partial charge is 0.365 e. The number of nitrogens with zero attached hydrogens (tertiary/aromatic N) is 4. The minimum absolute atomic E-state index is 0.0398. The molecule has 0 radical (unpaired) electrons. The van der Waals surface area contributed by atoms with Crippen LogP contribution in [-0.2, 0) is 4.79 Å². The van der Waals surface area contributed by atoms with Gasteiger partial charge in [0.2, 0.25) is 5.91 Å². The monoisotopic (exact) mass is 369 g/mol. The molecule has 0 unspecified atom stereocenters. The molecule has 0 bridgehead atoms. The summed E-state index contributed by atoms with van der Waals surface area (Å²) in [7, 11) is 1.74. The molecule has 27 heavy (non-hydrogen) atoms. The van der Waals surface area contributed by atoms with Crippen LogP contribution >= 0.6 is 0 Å². The van der Waals surface area contributed by atoms with E-state index in [0.29, 0.717) is 31.5 Å². The third kappa shape index (κ3) is 4.05. The first kappa shape index (κ1) is 19.2. The van der Waals surface area contributed by atoms with Gasteiger partial charge in [-0.05, 0) is 52.2 Å². The summed E-state index contributed by atoms with van der Waals surface area (Å²) in [6, 6.07) is 5.70. The van der Waals surface area contributed by atoms with Gasteiger partial charge in [-0.25, -0.2) is 4.98 Å². The maximum Gasteiger partial charge on any atom is 0.255 e. The molecule has 1 aromatic heterocycles. The van der Waals surface area contributed by atoms with Crippen molar-refractivity contribution in [1.82, 2.24) is 14.8 Å². The number of carbonyl (C=O) groups excluding carboxylic acids is 2. The molecule has 1 aliphatic carbocycles. The first-order valence-corrected chi connectivity index (χ1v) is 9.37. The first-order valence-electron chi connectivity index (χ1n) is 9.37. The van der Waals surface area contributed by atoms with Gasteiger partial charge in [-0.15, -0.1) is 0 Å². The maximum absolute atomic E-state index is 12.8. The molecular formula is C20H27N5O2. The highest BCUT2D eigenvalue weighted by Gasteiger charge is 2.53. The van der Waals surface area contributed by atoms with Crippen molar-refractivity contribution < 1.29 is 9.59 Å². The Morgan fingerprint density at radius 1 is 1.37 bits per heavy atom. The molecule has 2 fully saturated rings. The topological polar surface area (TPSA) is 89.3 Å². The molecule has 1 atom stereocenters. The fourth-order valence-corrected chi connectivity index (χ4v) is 3.41. The predicted molar refractivity (Wildman–Crippen MR) is 102 cm³/mol. The highest BCUT2D eigenvalue weighted by molar-refractivity contribution is 5.94. The molecule has 1 aromatic rings. The van der Waals surface area contributed by atoms with E-state index in [4.69, 9.17) is 0 Å². The van der Waals surface area contributed by atoms with Crippen molar-refractivity contribution in [1.29, 1.82) is 5.26 Å². The van der Waals surface area contributed by atoms with Gasteiger partial charge in [0.15, 0.2) is 0 Å². The van der Waals surface area contributed by atoms with Gasteiger partial charge in [0.05, 0.1) is 17.7 Å². The molecule has 0 spiro atoms. The Hall–Kier alpha value is -2.62. The Balaban J connectivity index is 1.61. The van der Waals surface area contributed by atoms with Crippen LogP contribution < -0.4 is 5.32 Å². The molecule has 7 heteroatoms. The van der Waals surface area contributed by atoms with Crippen LogP contribution in [0, 0.1) is 16.7 Å². The average Bonchev–Trinajstić information content (AvgIpc) is 3.27. The van der Waals surface area contributed by atoms with E-state index in [2.05, 4.69) is 16.4 Å². The summed E-state index contributed by atoms with van der Waals surface area (Å²) in [6.07, 6.45) is 3.60. The molecular weight excluding hydrogens is 342 g/mol. The summed E-state index contributed by atoms with van der Waals surface area (Å²) < 4.78 is 0.